The Balaban J connectivity index is 2.92. The van der Waals surface area contributed by atoms with Crippen LogP contribution in [0.15, 0.2) is 18.2 Å². The van der Waals surface area contributed by atoms with Gasteiger partial charge >= 0.3 is 0 Å². The minimum Gasteiger partial charge on any atom is -0.493 e. The molecule has 0 saturated heterocycles. The van der Waals surface area contributed by atoms with Crippen molar-refractivity contribution in [2.24, 2.45) is 0 Å². The average molecular weight is 286 g/mol. The molecular formula is C13H18O5S. The number of carbonyl (C=O) groups is 1. The van der Waals surface area contributed by atoms with Crippen LogP contribution in [0, 0.1) is 0 Å². The topological polar surface area (TPSA) is 76.0 Å². The summed E-state index contributed by atoms with van der Waals surface area (Å²) < 4.78 is 10.3. The minimum atomic E-state index is -1.14. The van der Waals surface area contributed by atoms with Crippen LogP contribution in [0.2, 0.25) is 0 Å². The molecule has 0 amide bonds. The first-order chi connectivity index (χ1) is 9.01. The largest absolute Gasteiger partial charge is 0.493 e. The van der Waals surface area contributed by atoms with Gasteiger partial charge in [0, 0.05) is 18.2 Å². The van der Waals surface area contributed by atoms with Gasteiger partial charge in [-0.2, -0.15) is 0 Å². The van der Waals surface area contributed by atoms with Crippen molar-refractivity contribution in [3.05, 3.63) is 23.8 Å². The lowest BCUT2D eigenvalue weighted by atomic mass is 10.0. The molecule has 0 radical (unpaired) electrons. The highest BCUT2D eigenvalue weighted by atomic mass is 32.2. The predicted octanol–water partition coefficient (Wildman–Crippen LogP) is 1.38. The number of thioether (sulfide) groups is 1. The first-order valence-corrected chi connectivity index (χ1v) is 6.70. The van der Waals surface area contributed by atoms with Gasteiger partial charge in [0.05, 0.1) is 20.3 Å². The third kappa shape index (κ3) is 4.12. The Morgan fingerprint density at radius 1 is 1.32 bits per heavy atom. The van der Waals surface area contributed by atoms with E-state index in [0.717, 1.165) is 11.8 Å². The standard InChI is InChI=1S/C13H18O5S/c1-8(14)19-7-10(15)12(16)9-5-4-6-11(17-2)13(9)18-3/h4-6,10,12,15-16H,7H2,1-3H3. The molecule has 0 fully saturated rings. The molecule has 0 aromatic heterocycles. The summed E-state index contributed by atoms with van der Waals surface area (Å²) in [6, 6.07) is 5.05. The van der Waals surface area contributed by atoms with Crippen molar-refractivity contribution < 1.29 is 24.5 Å². The fourth-order valence-electron chi connectivity index (χ4n) is 1.65. The van der Waals surface area contributed by atoms with Crippen molar-refractivity contribution in [3.63, 3.8) is 0 Å². The highest BCUT2D eigenvalue weighted by Gasteiger charge is 2.24. The molecule has 5 nitrogen and oxygen atoms in total. The molecule has 0 saturated carbocycles. The lowest BCUT2D eigenvalue weighted by Crippen LogP contribution is -2.22. The summed E-state index contributed by atoms with van der Waals surface area (Å²) in [5, 5.41) is 19.9. The van der Waals surface area contributed by atoms with Gasteiger partial charge in [0.1, 0.15) is 6.10 Å². The van der Waals surface area contributed by atoms with Crippen LogP contribution in [0.4, 0.5) is 0 Å². The maximum atomic E-state index is 10.9. The van der Waals surface area contributed by atoms with E-state index in [1.54, 1.807) is 18.2 Å². The number of aliphatic hydroxyl groups is 2. The van der Waals surface area contributed by atoms with Crippen LogP contribution in [0.5, 0.6) is 11.5 Å². The number of carbonyl (C=O) groups excluding carboxylic acids is 1. The lowest BCUT2D eigenvalue weighted by Gasteiger charge is -2.20. The molecule has 1 aromatic carbocycles. The summed E-state index contributed by atoms with van der Waals surface area (Å²) >= 11 is 0.965. The third-order valence-electron chi connectivity index (χ3n) is 2.57. The molecule has 2 N–H and O–H groups in total. The van der Waals surface area contributed by atoms with Crippen LogP contribution in [-0.2, 0) is 4.79 Å². The summed E-state index contributed by atoms with van der Waals surface area (Å²) in [5.74, 6) is 0.978. The Bertz CT molecular complexity index is 435. The summed E-state index contributed by atoms with van der Waals surface area (Å²) in [7, 11) is 2.96. The number of hydrogen-bond donors (Lipinski definition) is 2. The number of ether oxygens (including phenoxy) is 2. The first kappa shape index (κ1) is 15.8. The van der Waals surface area contributed by atoms with E-state index in [4.69, 9.17) is 9.47 Å². The molecule has 0 heterocycles. The molecule has 0 aliphatic carbocycles. The zero-order valence-electron chi connectivity index (χ0n) is 11.1. The van der Waals surface area contributed by atoms with Crippen molar-refractivity contribution >= 4 is 16.9 Å². The van der Waals surface area contributed by atoms with Crippen molar-refractivity contribution in [2.75, 3.05) is 20.0 Å². The third-order valence-corrected chi connectivity index (χ3v) is 3.49. The van der Waals surface area contributed by atoms with Crippen LogP contribution in [0.1, 0.15) is 18.6 Å². The van der Waals surface area contributed by atoms with Crippen molar-refractivity contribution in [1.82, 2.24) is 0 Å². The van der Waals surface area contributed by atoms with Crippen LogP contribution < -0.4 is 9.47 Å². The number of rotatable bonds is 6. The maximum Gasteiger partial charge on any atom is 0.185 e. The summed E-state index contributed by atoms with van der Waals surface area (Å²) in [6.07, 6.45) is -2.20. The van der Waals surface area contributed by atoms with Crippen LogP contribution >= 0.6 is 11.8 Å². The van der Waals surface area contributed by atoms with Gasteiger partial charge in [-0.15, -0.1) is 0 Å². The van der Waals surface area contributed by atoms with Gasteiger partial charge in [-0.3, -0.25) is 4.79 Å². The van der Waals surface area contributed by atoms with E-state index in [-0.39, 0.29) is 10.9 Å². The second-order valence-corrected chi connectivity index (χ2v) is 5.09. The molecule has 6 heteroatoms. The van der Waals surface area contributed by atoms with Gasteiger partial charge in [-0.25, -0.2) is 0 Å². The first-order valence-electron chi connectivity index (χ1n) is 5.71. The molecule has 0 bridgehead atoms. The molecule has 0 spiro atoms. The smallest absolute Gasteiger partial charge is 0.185 e. The van der Waals surface area contributed by atoms with Crippen LogP contribution in [0.3, 0.4) is 0 Å². The highest BCUT2D eigenvalue weighted by molar-refractivity contribution is 8.13. The number of methoxy groups -OCH3 is 2. The second-order valence-electron chi connectivity index (χ2n) is 3.90. The Labute approximate surface area is 116 Å². The van der Waals surface area contributed by atoms with Crippen LogP contribution in [0.25, 0.3) is 0 Å². The van der Waals surface area contributed by atoms with Gasteiger partial charge in [0.15, 0.2) is 16.6 Å². The van der Waals surface area contributed by atoms with Gasteiger partial charge in [0.2, 0.25) is 0 Å². The SMILES string of the molecule is COc1cccc(C(O)C(O)CSC(C)=O)c1OC. The summed E-state index contributed by atoms with van der Waals surface area (Å²) in [5.41, 5.74) is 0.429. The average Bonchev–Trinajstić information content (AvgIpc) is 2.42. The fourth-order valence-corrected chi connectivity index (χ4v) is 2.23. The van der Waals surface area contributed by atoms with Gasteiger partial charge < -0.3 is 19.7 Å². The minimum absolute atomic E-state index is 0.108. The molecule has 0 aliphatic heterocycles. The molecule has 1 aromatic rings. The molecule has 19 heavy (non-hydrogen) atoms. The van der Waals surface area contributed by atoms with E-state index in [1.807, 2.05) is 0 Å². The number of hydrogen-bond acceptors (Lipinski definition) is 6. The quantitative estimate of drug-likeness (QED) is 0.823. The fraction of sp³-hybridized carbons (Fsp3) is 0.462. The normalized spacial score (nSPS) is 13.7. The predicted molar refractivity (Wildman–Crippen MR) is 73.7 cm³/mol. The Morgan fingerprint density at radius 2 is 2.00 bits per heavy atom. The van der Waals surface area contributed by atoms with Gasteiger partial charge in [0.25, 0.3) is 0 Å². The van der Waals surface area contributed by atoms with E-state index in [2.05, 4.69) is 0 Å². The zero-order valence-corrected chi connectivity index (χ0v) is 11.9. The Morgan fingerprint density at radius 3 is 2.53 bits per heavy atom. The second kappa shape index (κ2) is 7.37. The monoisotopic (exact) mass is 286 g/mol. The number of benzene rings is 1. The number of para-hydroxylation sites is 1. The van der Waals surface area contributed by atoms with Crippen molar-refractivity contribution in [3.8, 4) is 11.5 Å². The lowest BCUT2D eigenvalue weighted by molar-refractivity contribution is -0.109. The Kier molecular flexibility index (Phi) is 6.14. The summed E-state index contributed by atoms with van der Waals surface area (Å²) in [4.78, 5) is 10.9. The van der Waals surface area contributed by atoms with E-state index < -0.39 is 12.2 Å². The van der Waals surface area contributed by atoms with E-state index >= 15 is 0 Å². The molecule has 2 unspecified atom stereocenters. The van der Waals surface area contributed by atoms with E-state index in [9.17, 15) is 15.0 Å². The van der Waals surface area contributed by atoms with Crippen molar-refractivity contribution in [1.29, 1.82) is 0 Å². The zero-order chi connectivity index (χ0) is 14.4. The summed E-state index contributed by atoms with van der Waals surface area (Å²) in [6.45, 7) is 1.41. The van der Waals surface area contributed by atoms with Gasteiger partial charge in [-0.1, -0.05) is 23.9 Å². The van der Waals surface area contributed by atoms with Gasteiger partial charge in [-0.05, 0) is 6.07 Å². The molecule has 0 aliphatic rings. The van der Waals surface area contributed by atoms with E-state index in [0.29, 0.717) is 17.1 Å². The highest BCUT2D eigenvalue weighted by Crippen LogP contribution is 2.36. The van der Waals surface area contributed by atoms with E-state index in [1.165, 1.54) is 21.1 Å². The number of aliphatic hydroxyl groups excluding tert-OH is 2. The molecule has 106 valence electrons. The molecule has 2 atom stereocenters. The Hall–Kier alpha value is -1.24. The van der Waals surface area contributed by atoms with Crippen LogP contribution in [-0.4, -0.2) is 41.4 Å². The molecular weight excluding hydrogens is 268 g/mol. The maximum absolute atomic E-state index is 10.9. The molecule has 1 rings (SSSR count). The van der Waals surface area contributed by atoms with Crippen molar-refractivity contribution in [2.45, 2.75) is 19.1 Å².